The Kier molecular flexibility index (Phi) is 9.39. The van der Waals surface area contributed by atoms with Crippen LogP contribution in [-0.4, -0.2) is 86.3 Å². The number of hydrogen-bond acceptors (Lipinski definition) is 7. The number of carbonyl (C=O) groups excluding carboxylic acids is 2. The predicted molar refractivity (Wildman–Crippen MR) is 154 cm³/mol. The van der Waals surface area contributed by atoms with E-state index in [1.807, 2.05) is 0 Å². The number of benzene rings is 1. The molecule has 0 radical (unpaired) electrons. The van der Waals surface area contributed by atoms with Crippen molar-refractivity contribution in [2.45, 2.75) is 37.8 Å². The molecule has 210 valence electrons. The van der Waals surface area contributed by atoms with Crippen LogP contribution >= 0.6 is 11.3 Å². The van der Waals surface area contributed by atoms with E-state index >= 15 is 0 Å². The quantitative estimate of drug-likeness (QED) is 0.437. The van der Waals surface area contributed by atoms with Crippen LogP contribution in [-0.2, 0) is 27.7 Å². The molecule has 11 heteroatoms. The Hall–Kier alpha value is -2.83. The summed E-state index contributed by atoms with van der Waals surface area (Å²) in [6, 6.07) is 6.19. The highest BCUT2D eigenvalue weighted by atomic mass is 32.2. The lowest BCUT2D eigenvalue weighted by Crippen LogP contribution is -2.41. The van der Waals surface area contributed by atoms with Gasteiger partial charge in [0.1, 0.15) is 5.00 Å². The van der Waals surface area contributed by atoms with Crippen molar-refractivity contribution < 1.29 is 22.7 Å². The molecule has 0 atom stereocenters. The van der Waals surface area contributed by atoms with Gasteiger partial charge in [0, 0.05) is 55.8 Å². The smallest absolute Gasteiger partial charge is 0.257 e. The van der Waals surface area contributed by atoms with Crippen molar-refractivity contribution in [3.63, 3.8) is 0 Å². The number of fused-ring (bicyclic) bond motifs is 1. The molecule has 0 aliphatic carbocycles. The summed E-state index contributed by atoms with van der Waals surface area (Å²) < 4.78 is 32.7. The van der Waals surface area contributed by atoms with Gasteiger partial charge in [0.05, 0.1) is 23.7 Å². The zero-order valence-corrected chi connectivity index (χ0v) is 24.2. The van der Waals surface area contributed by atoms with Crippen molar-refractivity contribution >= 4 is 38.2 Å². The first-order chi connectivity index (χ1) is 18.7. The number of nitrogens with one attached hydrogen (secondary N) is 1. The number of sulfonamides is 1. The van der Waals surface area contributed by atoms with Crippen LogP contribution in [0.25, 0.3) is 0 Å². The molecule has 1 fully saturated rings. The first-order valence-electron chi connectivity index (χ1n) is 13.1. The maximum atomic E-state index is 13.6. The summed E-state index contributed by atoms with van der Waals surface area (Å²) in [5, 5.41) is 3.50. The van der Waals surface area contributed by atoms with Crippen molar-refractivity contribution in [1.29, 1.82) is 0 Å². The first kappa shape index (κ1) is 29.2. The number of thiophene rings is 1. The molecule has 2 amide bonds. The van der Waals surface area contributed by atoms with Crippen LogP contribution in [0.2, 0.25) is 0 Å². The maximum absolute atomic E-state index is 13.6. The van der Waals surface area contributed by atoms with Gasteiger partial charge in [0.15, 0.2) is 0 Å². The van der Waals surface area contributed by atoms with Gasteiger partial charge in [-0.25, -0.2) is 8.42 Å². The van der Waals surface area contributed by atoms with E-state index in [1.54, 1.807) is 4.90 Å². The van der Waals surface area contributed by atoms with Crippen LogP contribution in [0.4, 0.5) is 5.00 Å². The third-order valence-electron chi connectivity index (χ3n) is 6.98. The molecule has 9 nitrogen and oxygen atoms in total. The summed E-state index contributed by atoms with van der Waals surface area (Å²) in [7, 11) is -3.78. The molecule has 0 bridgehead atoms. The summed E-state index contributed by atoms with van der Waals surface area (Å²) in [5.74, 6) is -0.488. The first-order valence-corrected chi connectivity index (χ1v) is 15.3. The van der Waals surface area contributed by atoms with Gasteiger partial charge in [0.25, 0.3) is 11.8 Å². The van der Waals surface area contributed by atoms with Crippen LogP contribution in [0.1, 0.15) is 45.0 Å². The highest BCUT2D eigenvalue weighted by Crippen LogP contribution is 2.38. The summed E-state index contributed by atoms with van der Waals surface area (Å²) in [5.41, 5.74) is 1.87. The summed E-state index contributed by atoms with van der Waals surface area (Å²) >= 11 is 1.45. The summed E-state index contributed by atoms with van der Waals surface area (Å²) in [6.45, 7) is 15.4. The Balaban J connectivity index is 1.60. The van der Waals surface area contributed by atoms with Gasteiger partial charge >= 0.3 is 0 Å². The average molecular weight is 573 g/mol. The van der Waals surface area contributed by atoms with Crippen LogP contribution in [0.15, 0.2) is 54.5 Å². The fourth-order valence-corrected chi connectivity index (χ4v) is 7.41. The lowest BCUT2D eigenvalue weighted by atomic mass is 10.0. The minimum Gasteiger partial charge on any atom is -0.378 e. The van der Waals surface area contributed by atoms with E-state index in [0.29, 0.717) is 48.5 Å². The van der Waals surface area contributed by atoms with Gasteiger partial charge in [-0.1, -0.05) is 12.2 Å². The Labute approximate surface area is 234 Å². The molecule has 2 aliphatic rings. The standard InChI is InChI=1S/C28H36N4O5S2/c1-5-12-32(13-6-2)39(35,36)22-9-7-21(8-10-22)26(33)29-27-25(28(34)30-15-17-37-18-16-30)23-11-14-31(20(3)4)19-24(23)38-27/h5-10,20H,1-2,11-19H2,3-4H3,(H,29,33). The molecule has 1 aromatic heterocycles. The molecule has 0 spiro atoms. The summed E-state index contributed by atoms with van der Waals surface area (Å²) in [6.07, 6.45) is 3.77. The van der Waals surface area contributed by atoms with E-state index in [9.17, 15) is 18.0 Å². The van der Waals surface area contributed by atoms with Crippen LogP contribution in [0, 0.1) is 0 Å². The van der Waals surface area contributed by atoms with Crippen LogP contribution in [0.5, 0.6) is 0 Å². The lowest BCUT2D eigenvalue weighted by Gasteiger charge is -2.31. The van der Waals surface area contributed by atoms with Gasteiger partial charge in [-0.3, -0.25) is 14.5 Å². The lowest BCUT2D eigenvalue weighted by molar-refractivity contribution is 0.0302. The molecule has 2 aromatic rings. The van der Waals surface area contributed by atoms with Crippen molar-refractivity contribution in [3.8, 4) is 0 Å². The number of rotatable bonds is 10. The van der Waals surface area contributed by atoms with Crippen molar-refractivity contribution in [3.05, 3.63) is 71.1 Å². The van der Waals surface area contributed by atoms with Crippen molar-refractivity contribution in [1.82, 2.24) is 14.1 Å². The molecule has 0 unspecified atom stereocenters. The van der Waals surface area contributed by atoms with Gasteiger partial charge in [0.2, 0.25) is 10.0 Å². The van der Waals surface area contributed by atoms with Gasteiger partial charge < -0.3 is 15.0 Å². The number of hydrogen-bond donors (Lipinski definition) is 1. The second kappa shape index (κ2) is 12.6. The van der Waals surface area contributed by atoms with Crippen molar-refractivity contribution in [2.24, 2.45) is 0 Å². The molecule has 0 saturated carbocycles. The zero-order chi connectivity index (χ0) is 28.2. The van der Waals surface area contributed by atoms with E-state index in [4.69, 9.17) is 4.74 Å². The molecular weight excluding hydrogens is 536 g/mol. The van der Waals surface area contributed by atoms with E-state index in [2.05, 4.69) is 37.2 Å². The third kappa shape index (κ3) is 6.33. The average Bonchev–Trinajstić information content (AvgIpc) is 3.29. The Morgan fingerprint density at radius 3 is 2.33 bits per heavy atom. The minimum atomic E-state index is -3.78. The van der Waals surface area contributed by atoms with Crippen molar-refractivity contribution in [2.75, 3.05) is 51.3 Å². The highest BCUT2D eigenvalue weighted by molar-refractivity contribution is 7.89. The molecule has 1 N–H and O–H groups in total. The molecule has 1 aromatic carbocycles. The molecular formula is C28H36N4O5S2. The Bertz CT molecular complexity index is 1320. The number of morpholine rings is 1. The Morgan fingerprint density at radius 2 is 1.74 bits per heavy atom. The number of nitrogens with zero attached hydrogens (tertiary/aromatic N) is 3. The van der Waals surface area contributed by atoms with Gasteiger partial charge in [-0.2, -0.15) is 4.31 Å². The highest BCUT2D eigenvalue weighted by Gasteiger charge is 2.32. The van der Waals surface area contributed by atoms with Crippen LogP contribution in [0.3, 0.4) is 0 Å². The fourth-order valence-electron chi connectivity index (χ4n) is 4.76. The topological polar surface area (TPSA) is 99.3 Å². The SMILES string of the molecule is C=CCN(CC=C)S(=O)(=O)c1ccc(C(=O)Nc2sc3c(c2C(=O)N2CCOCC2)CCN(C(C)C)C3)cc1. The summed E-state index contributed by atoms with van der Waals surface area (Å²) in [4.78, 5) is 32.3. The number of carbonyl (C=O) groups is 2. The largest absolute Gasteiger partial charge is 0.378 e. The van der Waals surface area contributed by atoms with E-state index < -0.39 is 15.9 Å². The molecule has 2 aliphatic heterocycles. The zero-order valence-electron chi connectivity index (χ0n) is 22.5. The number of amides is 2. The molecule has 3 heterocycles. The van der Waals surface area contributed by atoms with E-state index in [0.717, 1.165) is 30.0 Å². The van der Waals surface area contributed by atoms with E-state index in [1.165, 1.54) is 52.1 Å². The molecule has 39 heavy (non-hydrogen) atoms. The third-order valence-corrected chi connectivity index (χ3v) is 9.95. The minimum absolute atomic E-state index is 0.0753. The van der Waals surface area contributed by atoms with Crippen LogP contribution < -0.4 is 5.32 Å². The normalized spacial score (nSPS) is 16.3. The number of ether oxygens (including phenoxy) is 1. The van der Waals surface area contributed by atoms with E-state index in [-0.39, 0.29) is 23.9 Å². The van der Waals surface area contributed by atoms with Gasteiger partial charge in [-0.05, 0) is 50.1 Å². The molecule has 1 saturated heterocycles. The predicted octanol–water partition coefficient (Wildman–Crippen LogP) is 3.60. The maximum Gasteiger partial charge on any atom is 0.257 e. The second-order valence-electron chi connectivity index (χ2n) is 9.80. The van der Waals surface area contributed by atoms with Gasteiger partial charge in [-0.15, -0.1) is 24.5 Å². The Morgan fingerprint density at radius 1 is 1.10 bits per heavy atom. The second-order valence-corrected chi connectivity index (χ2v) is 12.8. The number of anilines is 1. The monoisotopic (exact) mass is 572 g/mol. The fraction of sp³-hybridized carbons (Fsp3) is 0.429. The molecule has 4 rings (SSSR count).